The van der Waals surface area contributed by atoms with Crippen molar-refractivity contribution in [1.82, 2.24) is 9.80 Å². The van der Waals surface area contributed by atoms with Crippen LogP contribution in [0, 0.1) is 18.3 Å². The van der Waals surface area contributed by atoms with E-state index in [1.54, 1.807) is 0 Å². The third-order valence-electron chi connectivity index (χ3n) is 6.90. The molecule has 0 unspecified atom stereocenters. The third kappa shape index (κ3) is 7.48. The first-order valence-corrected chi connectivity index (χ1v) is 12.6. The number of benzene rings is 2. The van der Waals surface area contributed by atoms with E-state index >= 15 is 0 Å². The molecule has 180 valence electrons. The molecule has 1 heterocycles. The Morgan fingerprint density at radius 3 is 2.70 bits per heavy atom. The molecule has 1 amide bonds. The van der Waals surface area contributed by atoms with Gasteiger partial charge in [0.2, 0.25) is 5.91 Å². The van der Waals surface area contributed by atoms with Gasteiger partial charge in [0.05, 0.1) is 6.61 Å². The number of carbonyl (C=O) groups is 1. The SMILES string of the molecule is CC[C@@H](C)CN1CCC[C@](COc2ccc(Cl)c(C)c2)(CC(=O)N(C)Cc2ccccc2)C1. The van der Waals surface area contributed by atoms with Crippen LogP contribution in [0.25, 0.3) is 0 Å². The number of hydrogen-bond acceptors (Lipinski definition) is 3. The Balaban J connectivity index is 1.73. The van der Waals surface area contributed by atoms with Gasteiger partial charge in [-0.05, 0) is 61.6 Å². The van der Waals surface area contributed by atoms with Crippen LogP contribution >= 0.6 is 11.6 Å². The zero-order chi connectivity index (χ0) is 23.8. The number of piperidine rings is 1. The summed E-state index contributed by atoms with van der Waals surface area (Å²) >= 11 is 6.20. The Hall–Kier alpha value is -2.04. The number of amides is 1. The lowest BCUT2D eigenvalue weighted by molar-refractivity contribution is -0.135. The monoisotopic (exact) mass is 470 g/mol. The van der Waals surface area contributed by atoms with Gasteiger partial charge in [0, 0.05) is 43.5 Å². The van der Waals surface area contributed by atoms with E-state index < -0.39 is 0 Å². The highest BCUT2D eigenvalue weighted by molar-refractivity contribution is 6.31. The van der Waals surface area contributed by atoms with Gasteiger partial charge < -0.3 is 14.5 Å². The van der Waals surface area contributed by atoms with Gasteiger partial charge >= 0.3 is 0 Å². The minimum absolute atomic E-state index is 0.181. The number of likely N-dealkylation sites (tertiary alicyclic amines) is 1. The summed E-state index contributed by atoms with van der Waals surface area (Å²) in [5.74, 6) is 1.65. The van der Waals surface area contributed by atoms with E-state index in [-0.39, 0.29) is 11.3 Å². The van der Waals surface area contributed by atoms with E-state index in [1.165, 1.54) is 6.42 Å². The maximum atomic E-state index is 13.4. The molecule has 3 rings (SSSR count). The van der Waals surface area contributed by atoms with Gasteiger partial charge in [-0.15, -0.1) is 0 Å². The molecular formula is C28H39ClN2O2. The lowest BCUT2D eigenvalue weighted by Crippen LogP contribution is -2.49. The zero-order valence-corrected chi connectivity index (χ0v) is 21.4. The van der Waals surface area contributed by atoms with Crippen molar-refractivity contribution in [1.29, 1.82) is 0 Å². The van der Waals surface area contributed by atoms with Gasteiger partial charge in [-0.25, -0.2) is 0 Å². The predicted octanol–water partition coefficient (Wildman–Crippen LogP) is 6.20. The summed E-state index contributed by atoms with van der Waals surface area (Å²) in [5.41, 5.74) is 1.96. The average molecular weight is 471 g/mol. The molecular weight excluding hydrogens is 432 g/mol. The summed E-state index contributed by atoms with van der Waals surface area (Å²) in [6, 6.07) is 16.0. The van der Waals surface area contributed by atoms with Crippen molar-refractivity contribution in [2.75, 3.05) is 33.3 Å². The van der Waals surface area contributed by atoms with Gasteiger partial charge in [0.25, 0.3) is 0 Å². The van der Waals surface area contributed by atoms with E-state index in [0.29, 0.717) is 25.5 Å². The maximum Gasteiger partial charge on any atom is 0.223 e. The van der Waals surface area contributed by atoms with E-state index in [9.17, 15) is 4.79 Å². The Labute approximate surface area is 204 Å². The van der Waals surface area contributed by atoms with Crippen LogP contribution in [0.1, 0.15) is 50.7 Å². The number of hydrogen-bond donors (Lipinski definition) is 0. The molecule has 5 heteroatoms. The first-order chi connectivity index (χ1) is 15.8. The van der Waals surface area contributed by atoms with Crippen LogP contribution < -0.4 is 4.74 Å². The molecule has 0 spiro atoms. The molecule has 1 fully saturated rings. The lowest BCUT2D eigenvalue weighted by Gasteiger charge is -2.43. The largest absolute Gasteiger partial charge is 0.493 e. The molecule has 0 N–H and O–H groups in total. The quantitative estimate of drug-likeness (QED) is 0.414. The lowest BCUT2D eigenvalue weighted by atomic mass is 9.77. The average Bonchev–Trinajstić information content (AvgIpc) is 2.80. The van der Waals surface area contributed by atoms with Crippen molar-refractivity contribution < 1.29 is 9.53 Å². The second kappa shape index (κ2) is 11.9. The van der Waals surface area contributed by atoms with Gasteiger partial charge in [0.1, 0.15) is 5.75 Å². The standard InChI is InChI=1S/C28H39ClN2O2/c1-5-22(2)18-31-15-9-14-28(20-31,21-33-25-12-13-26(29)23(3)16-25)17-27(32)30(4)19-24-10-7-6-8-11-24/h6-8,10-13,16,22H,5,9,14-15,17-21H2,1-4H3/t22-,28+/m1/s1. The Morgan fingerprint density at radius 1 is 1.24 bits per heavy atom. The number of rotatable bonds is 10. The van der Waals surface area contributed by atoms with Crippen molar-refractivity contribution in [3.63, 3.8) is 0 Å². The minimum atomic E-state index is -0.193. The summed E-state index contributed by atoms with van der Waals surface area (Å²) in [6.07, 6.45) is 3.76. The number of ether oxygens (including phenoxy) is 1. The van der Waals surface area contributed by atoms with Gasteiger partial charge in [-0.2, -0.15) is 0 Å². The first kappa shape index (κ1) is 25.6. The summed E-state index contributed by atoms with van der Waals surface area (Å²) in [5, 5.41) is 0.743. The Kier molecular flexibility index (Phi) is 9.22. The van der Waals surface area contributed by atoms with Crippen LogP contribution in [0.3, 0.4) is 0 Å². The number of nitrogens with zero attached hydrogens (tertiary/aromatic N) is 2. The number of carbonyl (C=O) groups excluding carboxylic acids is 1. The van der Waals surface area contributed by atoms with Crippen LogP contribution in [0.5, 0.6) is 5.75 Å². The fourth-order valence-electron chi connectivity index (χ4n) is 4.69. The predicted molar refractivity (Wildman–Crippen MR) is 137 cm³/mol. The van der Waals surface area contributed by atoms with Gasteiger partial charge in [0.15, 0.2) is 0 Å². The molecule has 0 bridgehead atoms. The molecule has 1 saturated heterocycles. The van der Waals surface area contributed by atoms with Crippen molar-refractivity contribution in [2.24, 2.45) is 11.3 Å². The maximum absolute atomic E-state index is 13.4. The summed E-state index contributed by atoms with van der Waals surface area (Å²) < 4.78 is 6.31. The molecule has 2 atom stereocenters. The van der Waals surface area contributed by atoms with Crippen molar-refractivity contribution in [2.45, 2.75) is 53.0 Å². The summed E-state index contributed by atoms with van der Waals surface area (Å²) in [6.45, 7) is 10.8. The summed E-state index contributed by atoms with van der Waals surface area (Å²) in [4.78, 5) is 17.7. The molecule has 33 heavy (non-hydrogen) atoms. The second-order valence-electron chi connectivity index (χ2n) is 9.96. The zero-order valence-electron chi connectivity index (χ0n) is 20.6. The number of aryl methyl sites for hydroxylation is 1. The molecule has 1 aliphatic heterocycles. The van der Waals surface area contributed by atoms with Crippen LogP contribution in [0.15, 0.2) is 48.5 Å². The molecule has 0 saturated carbocycles. The van der Waals surface area contributed by atoms with Crippen molar-refractivity contribution in [3.8, 4) is 5.75 Å². The van der Waals surface area contributed by atoms with E-state index in [0.717, 1.165) is 54.4 Å². The first-order valence-electron chi connectivity index (χ1n) is 12.2. The van der Waals surface area contributed by atoms with Crippen LogP contribution in [-0.2, 0) is 11.3 Å². The van der Waals surface area contributed by atoms with Crippen molar-refractivity contribution in [3.05, 3.63) is 64.7 Å². The highest BCUT2D eigenvalue weighted by Gasteiger charge is 2.39. The Bertz CT molecular complexity index is 904. The van der Waals surface area contributed by atoms with Crippen LogP contribution in [-0.4, -0.2) is 49.0 Å². The molecule has 0 aliphatic carbocycles. The summed E-state index contributed by atoms with van der Waals surface area (Å²) in [7, 11) is 1.91. The normalized spacial score (nSPS) is 19.8. The second-order valence-corrected chi connectivity index (χ2v) is 10.4. The fraction of sp³-hybridized carbons (Fsp3) is 0.536. The van der Waals surface area contributed by atoms with E-state index in [4.69, 9.17) is 16.3 Å². The smallest absolute Gasteiger partial charge is 0.223 e. The molecule has 2 aromatic rings. The molecule has 0 radical (unpaired) electrons. The van der Waals surface area contributed by atoms with Gasteiger partial charge in [-0.1, -0.05) is 62.2 Å². The fourth-order valence-corrected chi connectivity index (χ4v) is 4.81. The third-order valence-corrected chi connectivity index (χ3v) is 7.32. The highest BCUT2D eigenvalue weighted by Crippen LogP contribution is 2.36. The van der Waals surface area contributed by atoms with Crippen molar-refractivity contribution >= 4 is 17.5 Å². The van der Waals surface area contributed by atoms with Gasteiger partial charge in [-0.3, -0.25) is 4.79 Å². The number of halogens is 1. The molecule has 4 nitrogen and oxygen atoms in total. The van der Waals surface area contributed by atoms with Crippen LogP contribution in [0.4, 0.5) is 0 Å². The van der Waals surface area contributed by atoms with E-state index in [1.807, 2.05) is 55.3 Å². The molecule has 1 aliphatic rings. The highest BCUT2D eigenvalue weighted by atomic mass is 35.5. The topological polar surface area (TPSA) is 32.8 Å². The van der Waals surface area contributed by atoms with Crippen LogP contribution in [0.2, 0.25) is 5.02 Å². The van der Waals surface area contributed by atoms with E-state index in [2.05, 4.69) is 30.9 Å². The minimum Gasteiger partial charge on any atom is -0.493 e. The molecule has 2 aromatic carbocycles. The molecule has 0 aromatic heterocycles. The Morgan fingerprint density at radius 2 is 2.00 bits per heavy atom.